The molecule has 5 nitrogen and oxygen atoms in total. The van der Waals surface area contributed by atoms with Crippen LogP contribution in [0.15, 0.2) is 18.3 Å². The highest BCUT2D eigenvalue weighted by atomic mass is 16.6. The summed E-state index contributed by atoms with van der Waals surface area (Å²) in [7, 11) is 0. The Balaban J connectivity index is 1.94. The average Bonchev–Trinajstić information content (AvgIpc) is 2.53. The lowest BCUT2D eigenvalue weighted by molar-refractivity contribution is -0.385. The summed E-state index contributed by atoms with van der Waals surface area (Å²) in [6.45, 7) is 3.13. The van der Waals surface area contributed by atoms with Crippen LogP contribution in [0.5, 0.6) is 0 Å². The molecule has 0 saturated carbocycles. The summed E-state index contributed by atoms with van der Waals surface area (Å²) in [5, 5.41) is 13.7. The van der Waals surface area contributed by atoms with Gasteiger partial charge in [-0.3, -0.25) is 10.1 Å². The van der Waals surface area contributed by atoms with E-state index < -0.39 is 4.92 Å². The summed E-state index contributed by atoms with van der Waals surface area (Å²) in [6, 6.07) is 3.14. The van der Waals surface area contributed by atoms with Gasteiger partial charge in [-0.1, -0.05) is 64.7 Å². The molecule has 0 aliphatic rings. The second-order valence-corrected chi connectivity index (χ2v) is 5.77. The van der Waals surface area contributed by atoms with Crippen LogP contribution in [0.4, 0.5) is 11.5 Å². The Kier molecular flexibility index (Phi) is 9.99. The summed E-state index contributed by atoms with van der Waals surface area (Å²) in [4.78, 5) is 14.1. The maximum atomic E-state index is 10.5. The van der Waals surface area contributed by atoms with E-state index in [1.54, 1.807) is 6.07 Å². The highest BCUT2D eigenvalue weighted by molar-refractivity contribution is 5.39. The quantitative estimate of drug-likeness (QED) is 0.304. The topological polar surface area (TPSA) is 68.1 Å². The smallest absolute Gasteiger partial charge is 0.287 e. The third-order valence-corrected chi connectivity index (χ3v) is 3.80. The maximum absolute atomic E-state index is 10.5. The van der Waals surface area contributed by atoms with Gasteiger partial charge in [-0.05, 0) is 12.5 Å². The van der Waals surface area contributed by atoms with E-state index in [4.69, 9.17) is 0 Å². The molecule has 1 heterocycles. The number of anilines is 1. The van der Waals surface area contributed by atoms with Crippen LogP contribution < -0.4 is 5.32 Å². The van der Waals surface area contributed by atoms with Gasteiger partial charge in [-0.25, -0.2) is 4.98 Å². The number of hydrogen-bond acceptors (Lipinski definition) is 4. The van der Waals surface area contributed by atoms with Gasteiger partial charge < -0.3 is 5.32 Å². The van der Waals surface area contributed by atoms with Crippen molar-refractivity contribution in [3.63, 3.8) is 0 Å². The summed E-state index contributed by atoms with van der Waals surface area (Å²) in [6.07, 6.45) is 14.5. The van der Waals surface area contributed by atoms with E-state index >= 15 is 0 Å². The molecule has 124 valence electrons. The van der Waals surface area contributed by atoms with E-state index in [1.165, 1.54) is 70.1 Å². The summed E-state index contributed by atoms with van der Waals surface area (Å²) >= 11 is 0. The molecule has 1 rings (SSSR count). The Morgan fingerprint density at radius 3 is 2.09 bits per heavy atom. The standard InChI is InChI=1S/C17H29N3O2/c1-2-3-4-5-6-7-8-9-10-11-14-18-17-13-12-16(15-19-17)20(21)22/h12-13,15H,2-11,14H2,1H3,(H,18,19). The van der Waals surface area contributed by atoms with E-state index in [0.717, 1.165) is 13.0 Å². The van der Waals surface area contributed by atoms with Crippen LogP contribution in [-0.2, 0) is 0 Å². The maximum Gasteiger partial charge on any atom is 0.287 e. The molecule has 1 aromatic heterocycles. The van der Waals surface area contributed by atoms with Gasteiger partial charge in [0.15, 0.2) is 0 Å². The molecule has 0 saturated heterocycles. The van der Waals surface area contributed by atoms with E-state index in [1.807, 2.05) is 0 Å². The molecule has 0 atom stereocenters. The van der Waals surface area contributed by atoms with E-state index in [9.17, 15) is 10.1 Å². The van der Waals surface area contributed by atoms with E-state index in [0.29, 0.717) is 5.82 Å². The lowest BCUT2D eigenvalue weighted by atomic mass is 10.1. The zero-order chi connectivity index (χ0) is 16.0. The number of nitrogens with one attached hydrogen (secondary N) is 1. The molecular weight excluding hydrogens is 278 g/mol. The van der Waals surface area contributed by atoms with Crippen LogP contribution in [0.2, 0.25) is 0 Å². The highest BCUT2D eigenvalue weighted by Gasteiger charge is 2.04. The molecule has 1 N–H and O–H groups in total. The molecule has 0 spiro atoms. The van der Waals surface area contributed by atoms with Crippen LogP contribution in [0.3, 0.4) is 0 Å². The SMILES string of the molecule is CCCCCCCCCCCCNc1ccc([N+](=O)[O-])cn1. The highest BCUT2D eigenvalue weighted by Crippen LogP contribution is 2.13. The van der Waals surface area contributed by atoms with Gasteiger partial charge in [0, 0.05) is 12.6 Å². The zero-order valence-corrected chi connectivity index (χ0v) is 13.7. The van der Waals surface area contributed by atoms with Crippen molar-refractivity contribution in [1.82, 2.24) is 4.98 Å². The van der Waals surface area contributed by atoms with Crippen molar-refractivity contribution in [1.29, 1.82) is 0 Å². The Hall–Kier alpha value is -1.65. The van der Waals surface area contributed by atoms with Crippen molar-refractivity contribution in [2.45, 2.75) is 71.1 Å². The number of unbranched alkanes of at least 4 members (excludes halogenated alkanes) is 9. The first-order chi connectivity index (χ1) is 10.7. The van der Waals surface area contributed by atoms with Crippen molar-refractivity contribution in [3.8, 4) is 0 Å². The summed E-state index contributed by atoms with van der Waals surface area (Å²) < 4.78 is 0. The first-order valence-electron chi connectivity index (χ1n) is 8.58. The Bertz CT molecular complexity index is 407. The molecule has 0 aromatic carbocycles. The molecule has 0 aliphatic heterocycles. The van der Waals surface area contributed by atoms with Gasteiger partial charge in [0.05, 0.1) is 4.92 Å². The molecule has 1 aromatic rings. The number of pyridine rings is 1. The average molecular weight is 307 g/mol. The minimum Gasteiger partial charge on any atom is -0.370 e. The molecule has 0 unspecified atom stereocenters. The first-order valence-corrected chi connectivity index (χ1v) is 8.58. The fraction of sp³-hybridized carbons (Fsp3) is 0.706. The normalized spacial score (nSPS) is 10.6. The van der Waals surface area contributed by atoms with Crippen LogP contribution >= 0.6 is 0 Å². The third kappa shape index (κ3) is 8.60. The summed E-state index contributed by atoms with van der Waals surface area (Å²) in [5.74, 6) is 0.710. The third-order valence-electron chi connectivity index (χ3n) is 3.80. The second-order valence-electron chi connectivity index (χ2n) is 5.77. The van der Waals surface area contributed by atoms with Crippen LogP contribution in [0.25, 0.3) is 0 Å². The van der Waals surface area contributed by atoms with Crippen molar-refractivity contribution in [3.05, 3.63) is 28.4 Å². The monoisotopic (exact) mass is 307 g/mol. The Morgan fingerprint density at radius 2 is 1.59 bits per heavy atom. The molecule has 22 heavy (non-hydrogen) atoms. The minimum atomic E-state index is -0.432. The molecule has 0 aliphatic carbocycles. The van der Waals surface area contributed by atoms with Crippen LogP contribution in [0.1, 0.15) is 71.1 Å². The van der Waals surface area contributed by atoms with Crippen LogP contribution in [0, 0.1) is 10.1 Å². The van der Waals surface area contributed by atoms with E-state index in [-0.39, 0.29) is 5.69 Å². The van der Waals surface area contributed by atoms with Gasteiger partial charge in [0.1, 0.15) is 12.0 Å². The molecular formula is C17H29N3O2. The first kappa shape index (κ1) is 18.4. The fourth-order valence-electron chi connectivity index (χ4n) is 2.43. The van der Waals surface area contributed by atoms with Crippen molar-refractivity contribution in [2.24, 2.45) is 0 Å². The molecule has 0 fully saturated rings. The number of hydrogen-bond donors (Lipinski definition) is 1. The van der Waals surface area contributed by atoms with Crippen molar-refractivity contribution >= 4 is 11.5 Å². The number of nitrogens with zero attached hydrogens (tertiary/aromatic N) is 2. The molecule has 5 heteroatoms. The minimum absolute atomic E-state index is 0.0319. The predicted octanol–water partition coefficient (Wildman–Crippen LogP) is 5.32. The molecule has 0 radical (unpaired) electrons. The van der Waals surface area contributed by atoms with Gasteiger partial charge in [-0.2, -0.15) is 0 Å². The van der Waals surface area contributed by atoms with Crippen LogP contribution in [-0.4, -0.2) is 16.5 Å². The van der Waals surface area contributed by atoms with Crippen molar-refractivity contribution in [2.75, 3.05) is 11.9 Å². The molecule has 0 amide bonds. The lowest BCUT2D eigenvalue weighted by Gasteiger charge is -2.05. The lowest BCUT2D eigenvalue weighted by Crippen LogP contribution is -2.03. The Labute approximate surface area is 133 Å². The number of aromatic nitrogens is 1. The largest absolute Gasteiger partial charge is 0.370 e. The summed E-state index contributed by atoms with van der Waals surface area (Å²) in [5.41, 5.74) is 0.0319. The van der Waals surface area contributed by atoms with Gasteiger partial charge in [0.2, 0.25) is 0 Å². The number of nitro groups is 1. The van der Waals surface area contributed by atoms with Crippen molar-refractivity contribution < 1.29 is 4.92 Å². The molecule has 0 bridgehead atoms. The van der Waals surface area contributed by atoms with E-state index in [2.05, 4.69) is 17.2 Å². The fourth-order valence-corrected chi connectivity index (χ4v) is 2.43. The Morgan fingerprint density at radius 1 is 1.00 bits per heavy atom. The van der Waals surface area contributed by atoms with Gasteiger partial charge >= 0.3 is 0 Å². The zero-order valence-electron chi connectivity index (χ0n) is 13.7. The number of rotatable bonds is 13. The predicted molar refractivity (Wildman–Crippen MR) is 91.2 cm³/mol. The van der Waals surface area contributed by atoms with Gasteiger partial charge in [-0.15, -0.1) is 0 Å². The second kappa shape index (κ2) is 12.0. The van der Waals surface area contributed by atoms with Gasteiger partial charge in [0.25, 0.3) is 5.69 Å².